The molecule has 272 valence electrons. The summed E-state index contributed by atoms with van der Waals surface area (Å²) in [5.74, 6) is -0.495. The van der Waals surface area contributed by atoms with Gasteiger partial charge < -0.3 is 30.5 Å². The van der Waals surface area contributed by atoms with E-state index >= 15 is 0 Å². The number of nitrogens with zero attached hydrogens (tertiary/aromatic N) is 5. The van der Waals surface area contributed by atoms with E-state index in [9.17, 15) is 24.0 Å². The molecule has 1 aromatic heterocycles. The Morgan fingerprint density at radius 2 is 1.47 bits per heavy atom. The number of morpholine rings is 1. The number of aromatic nitrogens is 3. The van der Waals surface area contributed by atoms with Crippen molar-refractivity contribution in [3.05, 3.63) is 82.9 Å². The van der Waals surface area contributed by atoms with Crippen LogP contribution in [0.3, 0.4) is 0 Å². The van der Waals surface area contributed by atoms with E-state index in [-0.39, 0.29) is 61.4 Å². The second kappa shape index (κ2) is 17.7. The van der Waals surface area contributed by atoms with E-state index in [1.54, 1.807) is 41.0 Å². The quantitative estimate of drug-likeness (QED) is 0.364. The van der Waals surface area contributed by atoms with Crippen molar-refractivity contribution in [2.24, 2.45) is 5.92 Å². The van der Waals surface area contributed by atoms with Crippen molar-refractivity contribution in [3.63, 3.8) is 0 Å². The molecule has 1 fully saturated rings. The van der Waals surface area contributed by atoms with Crippen LogP contribution in [0.25, 0.3) is 0 Å². The number of amides is 5. The molecule has 2 aliphatic rings. The molecule has 0 spiro atoms. The van der Waals surface area contributed by atoms with E-state index in [2.05, 4.69) is 26.0 Å². The predicted molar refractivity (Wildman–Crippen MR) is 188 cm³/mol. The Morgan fingerprint density at radius 3 is 2.12 bits per heavy atom. The van der Waals surface area contributed by atoms with Crippen LogP contribution in [0.2, 0.25) is 0 Å². The minimum absolute atomic E-state index is 0.0905. The monoisotopic (exact) mass is 700 g/mol. The van der Waals surface area contributed by atoms with Gasteiger partial charge in [-0.05, 0) is 55.5 Å². The minimum Gasteiger partial charge on any atom is -0.378 e. The van der Waals surface area contributed by atoms with Gasteiger partial charge in [0.2, 0.25) is 17.7 Å². The number of rotatable bonds is 5. The fourth-order valence-corrected chi connectivity index (χ4v) is 6.25. The second-order valence-electron chi connectivity index (χ2n) is 13.3. The molecule has 5 amide bonds. The second-order valence-corrected chi connectivity index (χ2v) is 13.3. The first-order valence-electron chi connectivity index (χ1n) is 17.7. The highest BCUT2D eigenvalue weighted by atomic mass is 16.5. The van der Waals surface area contributed by atoms with E-state index in [1.807, 2.05) is 44.2 Å². The Kier molecular flexibility index (Phi) is 12.9. The summed E-state index contributed by atoms with van der Waals surface area (Å²) < 4.78 is 6.85. The first-order valence-corrected chi connectivity index (χ1v) is 17.7. The lowest BCUT2D eigenvalue weighted by Crippen LogP contribution is -2.50. The van der Waals surface area contributed by atoms with Crippen molar-refractivity contribution in [1.82, 2.24) is 40.5 Å². The van der Waals surface area contributed by atoms with Gasteiger partial charge in [-0.2, -0.15) is 5.10 Å². The van der Waals surface area contributed by atoms with Gasteiger partial charge in [0, 0.05) is 56.7 Å². The van der Waals surface area contributed by atoms with E-state index in [0.717, 1.165) is 5.56 Å². The summed E-state index contributed by atoms with van der Waals surface area (Å²) in [7, 11) is 0. The Labute approximate surface area is 298 Å². The van der Waals surface area contributed by atoms with Gasteiger partial charge in [-0.1, -0.05) is 44.2 Å². The molecular formula is C37H48N8O6. The lowest BCUT2D eigenvalue weighted by molar-refractivity contribution is -0.129. The maximum atomic E-state index is 13.9. The summed E-state index contributed by atoms with van der Waals surface area (Å²) in [5, 5.41) is 13.4. The molecule has 3 N–H and O–H groups in total. The lowest BCUT2D eigenvalue weighted by atomic mass is 10.0. The van der Waals surface area contributed by atoms with Crippen molar-refractivity contribution >= 4 is 29.5 Å². The van der Waals surface area contributed by atoms with Gasteiger partial charge in [-0.25, -0.2) is 9.67 Å². The number of carbonyl (C=O) groups excluding carboxylic acids is 5. The maximum absolute atomic E-state index is 13.9. The van der Waals surface area contributed by atoms with Crippen molar-refractivity contribution < 1.29 is 28.7 Å². The van der Waals surface area contributed by atoms with Crippen LogP contribution in [-0.4, -0.2) is 106 Å². The third-order valence-corrected chi connectivity index (χ3v) is 9.00. The Bertz CT molecular complexity index is 1670. The van der Waals surface area contributed by atoms with Gasteiger partial charge in [0.05, 0.1) is 19.3 Å². The number of hydrogen-bond acceptors (Lipinski definition) is 8. The highest BCUT2D eigenvalue weighted by Gasteiger charge is 2.30. The summed E-state index contributed by atoms with van der Waals surface area (Å²) in [6, 6.07) is 14.6. The van der Waals surface area contributed by atoms with Crippen LogP contribution in [0.1, 0.15) is 77.1 Å². The zero-order valence-corrected chi connectivity index (χ0v) is 29.6. The summed E-state index contributed by atoms with van der Waals surface area (Å²) in [5.41, 5.74) is 1.79. The van der Waals surface area contributed by atoms with Gasteiger partial charge in [0.25, 0.3) is 11.8 Å². The molecule has 2 aromatic carbocycles. The number of nitrogens with one attached hydrogen (secondary N) is 3. The fourth-order valence-electron chi connectivity index (χ4n) is 6.25. The summed E-state index contributed by atoms with van der Waals surface area (Å²) in [4.78, 5) is 74.9. The van der Waals surface area contributed by atoms with Gasteiger partial charge in [-0.3, -0.25) is 24.0 Å². The number of ether oxygens (including phenoxy) is 1. The fraction of sp³-hybridized carbons (Fsp3) is 0.486. The molecule has 5 rings (SSSR count). The molecular weight excluding hydrogens is 652 g/mol. The van der Waals surface area contributed by atoms with Gasteiger partial charge >= 0.3 is 0 Å². The van der Waals surface area contributed by atoms with Crippen molar-refractivity contribution in [3.8, 4) is 0 Å². The normalized spacial score (nSPS) is 20.0. The molecule has 2 aliphatic heterocycles. The summed E-state index contributed by atoms with van der Waals surface area (Å²) >= 11 is 0. The third-order valence-electron chi connectivity index (χ3n) is 9.00. The van der Waals surface area contributed by atoms with E-state index < -0.39 is 12.1 Å². The Hall–Kier alpha value is -5.11. The van der Waals surface area contributed by atoms with Crippen molar-refractivity contribution in [1.29, 1.82) is 0 Å². The topological polar surface area (TPSA) is 168 Å². The SMILES string of the molecule is Cc1nc2n(n1)CC(=O)NCCCN(C(=O)c1ccc(C(=O)N3CCOCC3)cc1)CCCC(=O)N[C@H](Cc1ccccc1)C(=O)N[C@H]2C(C)C. The molecule has 0 radical (unpaired) electrons. The van der Waals surface area contributed by atoms with Crippen LogP contribution in [0.5, 0.6) is 0 Å². The summed E-state index contributed by atoms with van der Waals surface area (Å²) in [6.45, 7) is 8.48. The van der Waals surface area contributed by atoms with Crippen molar-refractivity contribution in [2.45, 2.75) is 65.1 Å². The minimum atomic E-state index is -0.878. The first-order chi connectivity index (χ1) is 24.6. The molecule has 0 aliphatic carbocycles. The molecule has 0 bridgehead atoms. The summed E-state index contributed by atoms with van der Waals surface area (Å²) in [6.07, 6.45) is 1.19. The molecule has 0 unspecified atom stereocenters. The van der Waals surface area contributed by atoms with Crippen LogP contribution in [0, 0.1) is 12.8 Å². The largest absolute Gasteiger partial charge is 0.378 e. The first kappa shape index (κ1) is 37.2. The highest BCUT2D eigenvalue weighted by molar-refractivity contribution is 5.98. The number of hydrogen-bond donors (Lipinski definition) is 3. The number of fused-ring (bicyclic) bond motifs is 1. The average Bonchev–Trinajstić information content (AvgIpc) is 3.49. The number of carbonyl (C=O) groups is 5. The molecule has 0 saturated carbocycles. The van der Waals surface area contributed by atoms with Crippen LogP contribution < -0.4 is 16.0 Å². The third kappa shape index (κ3) is 10.2. The van der Waals surface area contributed by atoms with E-state index in [4.69, 9.17) is 4.74 Å². The van der Waals surface area contributed by atoms with Crippen LogP contribution in [0.15, 0.2) is 54.6 Å². The van der Waals surface area contributed by atoms with E-state index in [0.29, 0.717) is 75.0 Å². The molecule has 51 heavy (non-hydrogen) atoms. The highest BCUT2D eigenvalue weighted by Crippen LogP contribution is 2.21. The predicted octanol–water partition coefficient (Wildman–Crippen LogP) is 2.04. The Morgan fingerprint density at radius 1 is 0.843 bits per heavy atom. The zero-order valence-electron chi connectivity index (χ0n) is 29.6. The number of aryl methyl sites for hydroxylation is 1. The average molecular weight is 701 g/mol. The van der Waals surface area contributed by atoms with E-state index in [1.165, 1.54) is 4.68 Å². The Balaban J connectivity index is 1.34. The smallest absolute Gasteiger partial charge is 0.254 e. The molecule has 14 nitrogen and oxygen atoms in total. The maximum Gasteiger partial charge on any atom is 0.254 e. The molecule has 14 heteroatoms. The van der Waals surface area contributed by atoms with Crippen LogP contribution in [0.4, 0.5) is 0 Å². The number of benzene rings is 2. The van der Waals surface area contributed by atoms with Gasteiger partial charge in [0.1, 0.15) is 18.4 Å². The van der Waals surface area contributed by atoms with Crippen LogP contribution in [-0.2, 0) is 32.1 Å². The molecule has 3 aromatic rings. The van der Waals surface area contributed by atoms with Gasteiger partial charge in [0.15, 0.2) is 5.82 Å². The van der Waals surface area contributed by atoms with Gasteiger partial charge in [-0.15, -0.1) is 0 Å². The molecule has 2 atom stereocenters. The van der Waals surface area contributed by atoms with Crippen molar-refractivity contribution in [2.75, 3.05) is 45.9 Å². The molecule has 1 saturated heterocycles. The van der Waals surface area contributed by atoms with Crippen LogP contribution >= 0.6 is 0 Å². The molecule has 3 heterocycles. The standard InChI is InChI=1S/C37H48N8O6/c1-25(2)33-34-39-26(3)42-45(34)24-32(47)38-16-8-18-43(36(49)28-12-14-29(15-13-28)37(50)44-19-21-51-22-20-44)17-7-11-31(46)40-30(35(48)41-33)23-27-9-5-4-6-10-27/h4-6,9-10,12-15,25,30,33H,7-8,11,16-24H2,1-3H3,(H,38,47)(H,40,46)(H,41,48)/t30-,33+/m1/s1. The lowest BCUT2D eigenvalue weighted by Gasteiger charge is -2.27. The zero-order chi connectivity index (χ0) is 36.3.